The third kappa shape index (κ3) is 3.11. The molecule has 0 saturated heterocycles. The number of hydrazone groups is 1. The SMILES string of the molecule is Nc1snnc1C(=O)N/N=C\c1cccc([N+](=O)[O-])c1. The lowest BCUT2D eigenvalue weighted by molar-refractivity contribution is -0.384. The molecule has 0 aliphatic carbocycles. The number of carbonyl (C=O) groups is 1. The first kappa shape index (κ1) is 13.5. The smallest absolute Gasteiger partial charge is 0.295 e. The van der Waals surface area contributed by atoms with Gasteiger partial charge in [-0.2, -0.15) is 5.10 Å². The number of nitro benzene ring substituents is 1. The van der Waals surface area contributed by atoms with E-state index in [4.69, 9.17) is 5.73 Å². The lowest BCUT2D eigenvalue weighted by Crippen LogP contribution is -2.19. The molecule has 0 spiro atoms. The molecule has 0 aliphatic rings. The van der Waals surface area contributed by atoms with Crippen LogP contribution in [0.2, 0.25) is 0 Å². The van der Waals surface area contributed by atoms with Crippen molar-refractivity contribution in [1.29, 1.82) is 0 Å². The van der Waals surface area contributed by atoms with E-state index in [1.165, 1.54) is 24.4 Å². The Bertz CT molecular complexity index is 683. The molecule has 0 fully saturated rings. The van der Waals surface area contributed by atoms with E-state index in [1.807, 2.05) is 0 Å². The van der Waals surface area contributed by atoms with Crippen molar-refractivity contribution in [1.82, 2.24) is 15.0 Å². The maximum absolute atomic E-state index is 11.6. The van der Waals surface area contributed by atoms with Crippen LogP contribution in [0.4, 0.5) is 10.7 Å². The largest absolute Gasteiger partial charge is 0.387 e. The van der Waals surface area contributed by atoms with Crippen LogP contribution in [-0.2, 0) is 0 Å². The summed E-state index contributed by atoms with van der Waals surface area (Å²) in [4.78, 5) is 21.7. The first-order valence-corrected chi connectivity index (χ1v) is 6.01. The highest BCUT2D eigenvalue weighted by molar-refractivity contribution is 7.10. The Morgan fingerprint density at radius 3 is 3.00 bits per heavy atom. The summed E-state index contributed by atoms with van der Waals surface area (Å²) in [5, 5.41) is 18.0. The molecule has 0 radical (unpaired) electrons. The van der Waals surface area contributed by atoms with Gasteiger partial charge >= 0.3 is 0 Å². The van der Waals surface area contributed by atoms with Crippen LogP contribution < -0.4 is 11.2 Å². The fraction of sp³-hybridized carbons (Fsp3) is 0. The van der Waals surface area contributed by atoms with Crippen molar-refractivity contribution in [2.24, 2.45) is 5.10 Å². The molecule has 1 heterocycles. The number of anilines is 1. The number of hydrogen-bond acceptors (Lipinski definition) is 8. The molecule has 0 atom stereocenters. The normalized spacial score (nSPS) is 10.6. The third-order valence-corrected chi connectivity index (χ3v) is 2.74. The fourth-order valence-electron chi connectivity index (χ4n) is 1.29. The van der Waals surface area contributed by atoms with Crippen LogP contribution in [0.1, 0.15) is 16.1 Å². The Morgan fingerprint density at radius 2 is 2.35 bits per heavy atom. The van der Waals surface area contributed by atoms with Crippen molar-refractivity contribution in [3.05, 3.63) is 45.6 Å². The van der Waals surface area contributed by atoms with E-state index in [-0.39, 0.29) is 16.4 Å². The van der Waals surface area contributed by atoms with E-state index in [2.05, 4.69) is 20.1 Å². The van der Waals surface area contributed by atoms with Gasteiger partial charge in [-0.15, -0.1) is 5.10 Å². The van der Waals surface area contributed by atoms with E-state index in [0.29, 0.717) is 5.56 Å². The van der Waals surface area contributed by atoms with Gasteiger partial charge in [-0.05, 0) is 0 Å². The van der Waals surface area contributed by atoms with Crippen molar-refractivity contribution in [3.63, 3.8) is 0 Å². The molecule has 1 amide bonds. The summed E-state index contributed by atoms with van der Waals surface area (Å²) < 4.78 is 3.52. The topological polar surface area (TPSA) is 136 Å². The Labute approximate surface area is 116 Å². The fourth-order valence-corrected chi connectivity index (χ4v) is 1.72. The minimum atomic E-state index is -0.599. The maximum Gasteiger partial charge on any atom is 0.295 e. The Balaban J connectivity index is 2.04. The van der Waals surface area contributed by atoms with Crippen LogP contribution in [0.3, 0.4) is 0 Å². The standard InChI is InChI=1S/C10H8N6O3S/c11-9-8(13-15-20-9)10(17)14-12-5-6-2-1-3-7(4-6)16(18)19/h1-5H,11H2,(H,14,17)/b12-5-. The second-order valence-electron chi connectivity index (χ2n) is 3.54. The number of carbonyl (C=O) groups excluding carboxylic acids is 1. The van der Waals surface area contributed by atoms with Gasteiger partial charge in [0.2, 0.25) is 0 Å². The number of nitro groups is 1. The highest BCUT2D eigenvalue weighted by atomic mass is 32.1. The van der Waals surface area contributed by atoms with Crippen molar-refractivity contribution in [2.45, 2.75) is 0 Å². The number of non-ortho nitro benzene ring substituents is 1. The minimum Gasteiger partial charge on any atom is -0.387 e. The van der Waals surface area contributed by atoms with Crippen LogP contribution in [-0.4, -0.2) is 26.6 Å². The summed E-state index contributed by atoms with van der Waals surface area (Å²) in [6, 6.07) is 5.82. The van der Waals surface area contributed by atoms with E-state index < -0.39 is 10.8 Å². The molecule has 2 rings (SSSR count). The predicted molar refractivity (Wildman–Crippen MR) is 72.5 cm³/mol. The predicted octanol–water partition coefficient (Wildman–Crippen LogP) is 0.792. The van der Waals surface area contributed by atoms with Gasteiger partial charge in [-0.1, -0.05) is 16.6 Å². The zero-order valence-corrected chi connectivity index (χ0v) is 10.7. The first-order chi connectivity index (χ1) is 9.58. The summed E-state index contributed by atoms with van der Waals surface area (Å²) >= 11 is 0.897. The van der Waals surface area contributed by atoms with Gasteiger partial charge in [0.05, 0.1) is 11.1 Å². The number of nitrogens with two attached hydrogens (primary N) is 1. The van der Waals surface area contributed by atoms with Crippen molar-refractivity contribution in [2.75, 3.05) is 5.73 Å². The number of nitrogens with one attached hydrogen (secondary N) is 1. The van der Waals surface area contributed by atoms with Crippen LogP contribution >= 0.6 is 11.5 Å². The maximum atomic E-state index is 11.6. The average Bonchev–Trinajstić information content (AvgIpc) is 2.85. The lowest BCUT2D eigenvalue weighted by Gasteiger charge is -1.96. The second kappa shape index (κ2) is 5.84. The van der Waals surface area contributed by atoms with E-state index in [9.17, 15) is 14.9 Å². The van der Waals surface area contributed by atoms with Crippen molar-refractivity contribution < 1.29 is 9.72 Å². The van der Waals surface area contributed by atoms with Crippen molar-refractivity contribution in [3.8, 4) is 0 Å². The van der Waals surface area contributed by atoms with E-state index in [1.54, 1.807) is 6.07 Å². The van der Waals surface area contributed by atoms with Crippen LogP contribution in [0, 0.1) is 10.1 Å². The quantitative estimate of drug-likeness (QED) is 0.485. The van der Waals surface area contributed by atoms with Gasteiger partial charge in [0, 0.05) is 29.2 Å². The lowest BCUT2D eigenvalue weighted by atomic mass is 10.2. The van der Waals surface area contributed by atoms with Crippen molar-refractivity contribution >= 4 is 34.3 Å². The van der Waals surface area contributed by atoms with Crippen LogP contribution in [0.5, 0.6) is 0 Å². The highest BCUT2D eigenvalue weighted by Crippen LogP contribution is 2.12. The average molecular weight is 292 g/mol. The van der Waals surface area contributed by atoms with Crippen LogP contribution in [0.25, 0.3) is 0 Å². The van der Waals surface area contributed by atoms with Gasteiger partial charge in [-0.3, -0.25) is 14.9 Å². The minimum absolute atomic E-state index is 0.00816. The Morgan fingerprint density at radius 1 is 1.55 bits per heavy atom. The highest BCUT2D eigenvalue weighted by Gasteiger charge is 2.13. The first-order valence-electron chi connectivity index (χ1n) is 5.23. The molecule has 0 bridgehead atoms. The molecule has 102 valence electrons. The number of nitrogen functional groups attached to an aromatic ring is 1. The molecule has 1 aromatic heterocycles. The number of hydrogen-bond donors (Lipinski definition) is 2. The van der Waals surface area contributed by atoms with Crippen LogP contribution in [0.15, 0.2) is 29.4 Å². The number of rotatable bonds is 4. The summed E-state index contributed by atoms with van der Waals surface area (Å²) in [7, 11) is 0. The van der Waals surface area contributed by atoms with Gasteiger partial charge < -0.3 is 5.73 Å². The molecule has 10 heteroatoms. The number of nitrogens with zero attached hydrogens (tertiary/aromatic N) is 4. The summed E-state index contributed by atoms with van der Waals surface area (Å²) in [6.45, 7) is 0. The van der Waals surface area contributed by atoms with Gasteiger partial charge in [-0.25, -0.2) is 5.43 Å². The number of amides is 1. The van der Waals surface area contributed by atoms with Gasteiger partial charge in [0.15, 0.2) is 5.69 Å². The molecule has 2 aromatic rings. The second-order valence-corrected chi connectivity index (χ2v) is 4.32. The zero-order valence-electron chi connectivity index (χ0n) is 9.89. The molecule has 20 heavy (non-hydrogen) atoms. The molecule has 3 N–H and O–H groups in total. The molecule has 1 aromatic carbocycles. The van der Waals surface area contributed by atoms with E-state index >= 15 is 0 Å². The molecule has 0 aliphatic heterocycles. The zero-order chi connectivity index (χ0) is 14.5. The molecular formula is C10H8N6O3S. The summed E-state index contributed by atoms with van der Waals surface area (Å²) in [5.41, 5.74) is 8.10. The van der Waals surface area contributed by atoms with E-state index in [0.717, 1.165) is 11.5 Å². The Kier molecular flexibility index (Phi) is 3.96. The number of aromatic nitrogens is 2. The third-order valence-electron chi connectivity index (χ3n) is 2.19. The summed E-state index contributed by atoms with van der Waals surface area (Å²) in [6.07, 6.45) is 1.28. The molecule has 9 nitrogen and oxygen atoms in total. The summed E-state index contributed by atoms with van der Waals surface area (Å²) in [5.74, 6) is -0.599. The Hall–Kier alpha value is -2.88. The molecule has 0 unspecified atom stereocenters. The molecular weight excluding hydrogens is 284 g/mol. The molecule has 0 saturated carbocycles. The monoisotopic (exact) mass is 292 g/mol. The number of benzene rings is 1. The van der Waals surface area contributed by atoms with Gasteiger partial charge in [0.1, 0.15) is 5.00 Å². The van der Waals surface area contributed by atoms with Gasteiger partial charge in [0.25, 0.3) is 11.6 Å².